The first-order valence-corrected chi connectivity index (χ1v) is 6.08. The predicted molar refractivity (Wildman–Crippen MR) is 69.4 cm³/mol. The number of hydrogen-bond acceptors (Lipinski definition) is 2. The fourth-order valence-electron chi connectivity index (χ4n) is 2.64. The lowest BCUT2D eigenvalue weighted by atomic mass is 9.76. The Kier molecular flexibility index (Phi) is 2.53. The number of carbonyl (C=O) groups is 1. The molecule has 1 N–H and O–H groups in total. The van der Waals surface area contributed by atoms with E-state index in [0.29, 0.717) is 6.42 Å². The molecule has 0 saturated carbocycles. The van der Waals surface area contributed by atoms with Crippen molar-refractivity contribution >= 4 is 5.78 Å². The van der Waals surface area contributed by atoms with Gasteiger partial charge < -0.3 is 5.11 Å². The Hall–Kier alpha value is -1.93. The molecular weight excluding hydrogens is 224 g/mol. The third-order valence-corrected chi connectivity index (χ3v) is 3.56. The van der Waals surface area contributed by atoms with Crippen LogP contribution in [-0.2, 0) is 12.0 Å². The Balaban J connectivity index is 2.06. The number of Topliss-reactive ketones (excluding diaryl/α,β-unsaturated/α-hetero) is 1. The van der Waals surface area contributed by atoms with E-state index in [9.17, 15) is 9.90 Å². The highest BCUT2D eigenvalue weighted by Crippen LogP contribution is 2.36. The van der Waals surface area contributed by atoms with Crippen LogP contribution in [0.4, 0.5) is 0 Å². The number of aliphatic hydroxyl groups is 1. The minimum Gasteiger partial charge on any atom is -0.384 e. The molecule has 2 aromatic rings. The minimum atomic E-state index is -1.06. The smallest absolute Gasteiger partial charge is 0.166 e. The van der Waals surface area contributed by atoms with Crippen LogP contribution in [0.2, 0.25) is 0 Å². The molecule has 0 aliphatic heterocycles. The van der Waals surface area contributed by atoms with Gasteiger partial charge in [0.1, 0.15) is 5.60 Å². The lowest BCUT2D eigenvalue weighted by molar-refractivity contribution is 0.0230. The highest BCUT2D eigenvalue weighted by molar-refractivity contribution is 5.99. The summed E-state index contributed by atoms with van der Waals surface area (Å²) in [6.07, 6.45) is 0.660. The second-order valence-corrected chi connectivity index (χ2v) is 4.83. The molecule has 2 nitrogen and oxygen atoms in total. The van der Waals surface area contributed by atoms with Crippen LogP contribution in [-0.4, -0.2) is 10.9 Å². The summed E-state index contributed by atoms with van der Waals surface area (Å²) in [5, 5.41) is 10.7. The van der Waals surface area contributed by atoms with E-state index in [1.807, 2.05) is 54.6 Å². The summed E-state index contributed by atoms with van der Waals surface area (Å²) in [6, 6.07) is 17.0. The summed E-state index contributed by atoms with van der Waals surface area (Å²) >= 11 is 0. The lowest BCUT2D eigenvalue weighted by Crippen LogP contribution is -2.36. The van der Waals surface area contributed by atoms with Crippen molar-refractivity contribution in [3.05, 3.63) is 71.3 Å². The SMILES string of the molecule is O=C1CC(O)(c2ccccc2)Cc2ccccc21. The van der Waals surface area contributed by atoms with Gasteiger partial charge in [0.05, 0.1) is 0 Å². The monoisotopic (exact) mass is 238 g/mol. The Bertz CT molecular complexity index is 589. The number of benzene rings is 2. The quantitative estimate of drug-likeness (QED) is 0.829. The van der Waals surface area contributed by atoms with Crippen molar-refractivity contribution in [1.29, 1.82) is 0 Å². The van der Waals surface area contributed by atoms with E-state index in [2.05, 4.69) is 0 Å². The molecule has 0 fully saturated rings. The number of hydrogen-bond donors (Lipinski definition) is 1. The summed E-state index contributed by atoms with van der Waals surface area (Å²) in [6.45, 7) is 0. The molecule has 0 spiro atoms. The Morgan fingerprint density at radius 1 is 0.889 bits per heavy atom. The van der Waals surface area contributed by atoms with Gasteiger partial charge in [-0.1, -0.05) is 54.6 Å². The van der Waals surface area contributed by atoms with Crippen LogP contribution in [0.5, 0.6) is 0 Å². The van der Waals surface area contributed by atoms with Gasteiger partial charge in [0.2, 0.25) is 0 Å². The standard InChI is InChI=1S/C16H14O2/c17-15-11-16(18,13-7-2-1-3-8-13)10-12-6-4-5-9-14(12)15/h1-9,18H,10-11H2. The highest BCUT2D eigenvalue weighted by atomic mass is 16.3. The normalized spacial score (nSPS) is 22.6. The molecule has 18 heavy (non-hydrogen) atoms. The zero-order valence-electron chi connectivity index (χ0n) is 9.97. The van der Waals surface area contributed by atoms with Crippen LogP contribution in [0, 0.1) is 0 Å². The summed E-state index contributed by atoms with van der Waals surface area (Å²) < 4.78 is 0. The number of rotatable bonds is 1. The molecule has 0 saturated heterocycles. The van der Waals surface area contributed by atoms with Gasteiger partial charge in [0.15, 0.2) is 5.78 Å². The Morgan fingerprint density at radius 2 is 1.56 bits per heavy atom. The van der Waals surface area contributed by atoms with E-state index >= 15 is 0 Å². The van der Waals surface area contributed by atoms with E-state index in [1.165, 1.54) is 0 Å². The van der Waals surface area contributed by atoms with Crippen molar-refractivity contribution in [3.63, 3.8) is 0 Å². The van der Waals surface area contributed by atoms with Gasteiger partial charge in [-0.15, -0.1) is 0 Å². The van der Waals surface area contributed by atoms with Crippen molar-refractivity contribution in [2.24, 2.45) is 0 Å². The van der Waals surface area contributed by atoms with E-state index in [0.717, 1.165) is 16.7 Å². The average molecular weight is 238 g/mol. The molecule has 0 bridgehead atoms. The van der Waals surface area contributed by atoms with Gasteiger partial charge in [-0.2, -0.15) is 0 Å². The predicted octanol–water partition coefficient (Wildman–Crippen LogP) is 2.70. The van der Waals surface area contributed by atoms with Crippen LogP contribution >= 0.6 is 0 Å². The van der Waals surface area contributed by atoms with E-state index in [1.54, 1.807) is 0 Å². The Morgan fingerprint density at radius 3 is 2.33 bits per heavy atom. The molecule has 1 aliphatic rings. The zero-order chi connectivity index (χ0) is 12.6. The van der Waals surface area contributed by atoms with Crippen molar-refractivity contribution in [2.45, 2.75) is 18.4 Å². The number of carbonyl (C=O) groups excluding carboxylic acids is 1. The summed E-state index contributed by atoms with van der Waals surface area (Å²) in [5.74, 6) is 0.0169. The van der Waals surface area contributed by atoms with Crippen LogP contribution in [0.3, 0.4) is 0 Å². The average Bonchev–Trinajstić information content (AvgIpc) is 2.40. The van der Waals surface area contributed by atoms with Crippen molar-refractivity contribution in [2.75, 3.05) is 0 Å². The maximum atomic E-state index is 12.1. The molecule has 2 aromatic carbocycles. The maximum absolute atomic E-state index is 12.1. The van der Waals surface area contributed by atoms with Crippen LogP contribution in [0.25, 0.3) is 0 Å². The summed E-state index contributed by atoms with van der Waals surface area (Å²) in [5.41, 5.74) is 1.43. The van der Waals surface area contributed by atoms with Gasteiger partial charge in [-0.25, -0.2) is 0 Å². The minimum absolute atomic E-state index is 0.0169. The first-order valence-electron chi connectivity index (χ1n) is 6.08. The van der Waals surface area contributed by atoms with Gasteiger partial charge in [0, 0.05) is 18.4 Å². The lowest BCUT2D eigenvalue weighted by Gasteiger charge is -2.33. The third-order valence-electron chi connectivity index (χ3n) is 3.56. The van der Waals surface area contributed by atoms with Gasteiger partial charge >= 0.3 is 0 Å². The summed E-state index contributed by atoms with van der Waals surface area (Å²) in [7, 11) is 0. The topological polar surface area (TPSA) is 37.3 Å². The maximum Gasteiger partial charge on any atom is 0.166 e. The third kappa shape index (κ3) is 1.75. The van der Waals surface area contributed by atoms with E-state index in [4.69, 9.17) is 0 Å². The fraction of sp³-hybridized carbons (Fsp3) is 0.188. The van der Waals surface area contributed by atoms with Crippen LogP contribution in [0.1, 0.15) is 27.9 Å². The van der Waals surface area contributed by atoms with E-state index in [-0.39, 0.29) is 12.2 Å². The molecule has 1 unspecified atom stereocenters. The van der Waals surface area contributed by atoms with Crippen molar-refractivity contribution in [1.82, 2.24) is 0 Å². The molecule has 0 amide bonds. The number of fused-ring (bicyclic) bond motifs is 1. The molecule has 0 radical (unpaired) electrons. The first-order chi connectivity index (χ1) is 8.69. The van der Waals surface area contributed by atoms with Gasteiger partial charge in [0.25, 0.3) is 0 Å². The molecule has 1 aliphatic carbocycles. The molecule has 0 aromatic heterocycles. The summed E-state index contributed by atoms with van der Waals surface area (Å²) in [4.78, 5) is 12.1. The first kappa shape index (κ1) is 11.2. The van der Waals surface area contributed by atoms with E-state index < -0.39 is 5.60 Å². The van der Waals surface area contributed by atoms with Crippen LogP contribution in [0.15, 0.2) is 54.6 Å². The zero-order valence-corrected chi connectivity index (χ0v) is 9.97. The fourth-order valence-corrected chi connectivity index (χ4v) is 2.64. The molecule has 1 atom stereocenters. The van der Waals surface area contributed by atoms with Gasteiger partial charge in [-0.3, -0.25) is 4.79 Å². The molecular formula is C16H14O2. The van der Waals surface area contributed by atoms with Crippen LogP contribution < -0.4 is 0 Å². The largest absolute Gasteiger partial charge is 0.384 e. The van der Waals surface area contributed by atoms with Crippen molar-refractivity contribution < 1.29 is 9.90 Å². The molecule has 2 heteroatoms. The number of ketones is 1. The second kappa shape index (κ2) is 4.07. The van der Waals surface area contributed by atoms with Gasteiger partial charge in [-0.05, 0) is 11.1 Å². The molecule has 90 valence electrons. The Labute approximate surface area is 106 Å². The second-order valence-electron chi connectivity index (χ2n) is 4.83. The van der Waals surface area contributed by atoms with Crippen molar-refractivity contribution in [3.8, 4) is 0 Å². The molecule has 0 heterocycles. The highest BCUT2D eigenvalue weighted by Gasteiger charge is 2.37. The molecule has 3 rings (SSSR count).